The van der Waals surface area contributed by atoms with Crippen LogP contribution in [0.15, 0.2) is 22.7 Å². The predicted molar refractivity (Wildman–Crippen MR) is 74.6 cm³/mol. The summed E-state index contributed by atoms with van der Waals surface area (Å²) < 4.78 is 7.70. The summed E-state index contributed by atoms with van der Waals surface area (Å²) in [6, 6.07) is 5.33. The van der Waals surface area contributed by atoms with Gasteiger partial charge in [0.25, 0.3) is 0 Å². The molecule has 2 rings (SSSR count). The van der Waals surface area contributed by atoms with Crippen molar-refractivity contribution in [2.75, 3.05) is 7.11 Å². The number of halogens is 1. The maximum absolute atomic E-state index is 10.9. The van der Waals surface area contributed by atoms with Crippen molar-refractivity contribution in [3.63, 3.8) is 0 Å². The number of benzene rings is 1. The van der Waals surface area contributed by atoms with Crippen molar-refractivity contribution in [2.45, 2.75) is 6.92 Å². The Kier molecular flexibility index (Phi) is 3.61. The van der Waals surface area contributed by atoms with E-state index in [9.17, 15) is 4.79 Å². The number of nitrogens with zero attached hydrogens (tertiary/aromatic N) is 2. The molecule has 0 aliphatic heterocycles. The Bertz CT molecular complexity index is 650. The minimum absolute atomic E-state index is 0.0175. The van der Waals surface area contributed by atoms with E-state index in [1.54, 1.807) is 18.8 Å². The number of hydrogen-bond acceptors (Lipinski definition) is 3. The van der Waals surface area contributed by atoms with Crippen LogP contribution in [0.5, 0.6) is 5.75 Å². The predicted octanol–water partition coefficient (Wildman–Crippen LogP) is 2.86. The molecule has 0 bridgehead atoms. The van der Waals surface area contributed by atoms with Crippen LogP contribution in [0.1, 0.15) is 16.1 Å². The van der Waals surface area contributed by atoms with Gasteiger partial charge in [-0.15, -0.1) is 0 Å². The zero-order valence-corrected chi connectivity index (χ0v) is 12.4. The summed E-state index contributed by atoms with van der Waals surface area (Å²) in [5.41, 5.74) is 2.57. The molecule has 1 aromatic heterocycles. The summed E-state index contributed by atoms with van der Waals surface area (Å²) in [6.45, 7) is 1.94. The zero-order valence-electron chi connectivity index (χ0n) is 10.8. The number of carboxylic acid groups (broad SMARTS) is 1. The SMILES string of the molecule is COc1cc(-c2cc(C(=O)O)nn2C)c(Br)cc1C. The van der Waals surface area contributed by atoms with Crippen molar-refractivity contribution < 1.29 is 14.6 Å². The molecule has 0 radical (unpaired) electrons. The number of carbonyl (C=O) groups is 1. The summed E-state index contributed by atoms with van der Waals surface area (Å²) in [6.07, 6.45) is 0. The Morgan fingerprint density at radius 3 is 2.63 bits per heavy atom. The largest absolute Gasteiger partial charge is 0.496 e. The Morgan fingerprint density at radius 2 is 2.11 bits per heavy atom. The van der Waals surface area contributed by atoms with Gasteiger partial charge in [0.15, 0.2) is 5.69 Å². The van der Waals surface area contributed by atoms with E-state index in [1.807, 2.05) is 19.1 Å². The van der Waals surface area contributed by atoms with Gasteiger partial charge in [0.2, 0.25) is 0 Å². The molecular formula is C13H13BrN2O3. The van der Waals surface area contributed by atoms with Crippen molar-refractivity contribution >= 4 is 21.9 Å². The summed E-state index contributed by atoms with van der Waals surface area (Å²) in [7, 11) is 3.31. The number of hydrogen-bond donors (Lipinski definition) is 1. The van der Waals surface area contributed by atoms with E-state index in [4.69, 9.17) is 9.84 Å². The van der Waals surface area contributed by atoms with Crippen LogP contribution in [0.25, 0.3) is 11.3 Å². The molecule has 6 heteroatoms. The monoisotopic (exact) mass is 324 g/mol. The number of aromatic nitrogens is 2. The third-order valence-corrected chi connectivity index (χ3v) is 3.52. The van der Waals surface area contributed by atoms with Gasteiger partial charge in [-0.2, -0.15) is 5.10 Å². The highest BCUT2D eigenvalue weighted by Crippen LogP contribution is 2.34. The van der Waals surface area contributed by atoms with E-state index < -0.39 is 5.97 Å². The number of methoxy groups -OCH3 is 1. The number of rotatable bonds is 3. The van der Waals surface area contributed by atoms with E-state index in [-0.39, 0.29) is 5.69 Å². The number of carboxylic acids is 1. The van der Waals surface area contributed by atoms with Gasteiger partial charge in [-0.25, -0.2) is 4.79 Å². The Balaban J connectivity index is 2.61. The molecule has 1 heterocycles. The molecule has 1 N–H and O–H groups in total. The molecule has 2 aromatic rings. The summed E-state index contributed by atoms with van der Waals surface area (Å²) in [4.78, 5) is 10.9. The molecular weight excluding hydrogens is 312 g/mol. The summed E-state index contributed by atoms with van der Waals surface area (Å²) in [5.74, 6) is -0.298. The summed E-state index contributed by atoms with van der Waals surface area (Å²) in [5, 5.41) is 12.9. The molecule has 0 unspecified atom stereocenters. The average molecular weight is 325 g/mol. The molecule has 0 spiro atoms. The van der Waals surface area contributed by atoms with Gasteiger partial charge < -0.3 is 9.84 Å². The third-order valence-electron chi connectivity index (χ3n) is 2.86. The van der Waals surface area contributed by atoms with Crippen molar-refractivity contribution in [3.05, 3.63) is 33.9 Å². The first-order chi connectivity index (χ1) is 8.93. The van der Waals surface area contributed by atoms with Crippen LogP contribution in [0.2, 0.25) is 0 Å². The van der Waals surface area contributed by atoms with Gasteiger partial charge in [-0.3, -0.25) is 4.68 Å². The second-order valence-corrected chi connectivity index (χ2v) is 5.00. The van der Waals surface area contributed by atoms with E-state index in [2.05, 4.69) is 21.0 Å². The van der Waals surface area contributed by atoms with Gasteiger partial charge in [0, 0.05) is 17.1 Å². The standard InChI is InChI=1S/C13H13BrN2O3/c1-7-4-9(14)8(5-12(7)19-3)11-6-10(13(17)18)15-16(11)2/h4-6H,1-3H3,(H,17,18). The fourth-order valence-corrected chi connectivity index (χ4v) is 2.55. The number of ether oxygens (including phenoxy) is 1. The first-order valence-corrected chi connectivity index (χ1v) is 6.35. The van der Waals surface area contributed by atoms with Gasteiger partial charge in [0.1, 0.15) is 5.75 Å². The summed E-state index contributed by atoms with van der Waals surface area (Å²) >= 11 is 3.48. The van der Waals surface area contributed by atoms with E-state index in [0.29, 0.717) is 5.69 Å². The topological polar surface area (TPSA) is 64.3 Å². The molecule has 0 saturated heterocycles. The molecule has 1 aromatic carbocycles. The van der Waals surface area contributed by atoms with Crippen LogP contribution in [0.3, 0.4) is 0 Å². The molecule has 5 nitrogen and oxygen atoms in total. The number of aromatic carboxylic acids is 1. The molecule has 100 valence electrons. The van der Waals surface area contributed by atoms with Crippen LogP contribution in [-0.2, 0) is 7.05 Å². The van der Waals surface area contributed by atoms with Crippen molar-refractivity contribution in [1.82, 2.24) is 9.78 Å². The lowest BCUT2D eigenvalue weighted by Gasteiger charge is -2.10. The second kappa shape index (κ2) is 5.05. The molecule has 19 heavy (non-hydrogen) atoms. The molecule has 0 aliphatic rings. The van der Waals surface area contributed by atoms with Gasteiger partial charge >= 0.3 is 5.97 Å². The second-order valence-electron chi connectivity index (χ2n) is 4.15. The molecule has 0 amide bonds. The van der Waals surface area contributed by atoms with Crippen LogP contribution >= 0.6 is 15.9 Å². The smallest absolute Gasteiger partial charge is 0.356 e. The first kappa shape index (κ1) is 13.6. The Morgan fingerprint density at radius 1 is 1.42 bits per heavy atom. The Labute approximate surface area is 118 Å². The van der Waals surface area contributed by atoms with Crippen LogP contribution < -0.4 is 4.74 Å². The Hall–Kier alpha value is -1.82. The average Bonchev–Trinajstić information content (AvgIpc) is 2.72. The minimum Gasteiger partial charge on any atom is -0.496 e. The lowest BCUT2D eigenvalue weighted by Crippen LogP contribution is -1.99. The zero-order chi connectivity index (χ0) is 14.2. The fraction of sp³-hybridized carbons (Fsp3) is 0.231. The molecule has 0 saturated carbocycles. The van der Waals surface area contributed by atoms with Crippen molar-refractivity contribution in [2.24, 2.45) is 7.05 Å². The van der Waals surface area contributed by atoms with E-state index in [1.165, 1.54) is 6.07 Å². The maximum Gasteiger partial charge on any atom is 0.356 e. The highest BCUT2D eigenvalue weighted by Gasteiger charge is 2.16. The lowest BCUT2D eigenvalue weighted by atomic mass is 10.1. The van der Waals surface area contributed by atoms with Crippen LogP contribution in [-0.4, -0.2) is 28.0 Å². The molecule has 0 atom stereocenters. The lowest BCUT2D eigenvalue weighted by molar-refractivity contribution is 0.0689. The quantitative estimate of drug-likeness (QED) is 0.942. The third kappa shape index (κ3) is 2.49. The van der Waals surface area contributed by atoms with Crippen molar-refractivity contribution in [3.8, 4) is 17.0 Å². The van der Waals surface area contributed by atoms with Crippen LogP contribution in [0, 0.1) is 6.92 Å². The first-order valence-electron chi connectivity index (χ1n) is 5.56. The maximum atomic E-state index is 10.9. The minimum atomic E-state index is -1.04. The van der Waals surface area contributed by atoms with Gasteiger partial charge in [0.05, 0.1) is 12.8 Å². The van der Waals surface area contributed by atoms with E-state index >= 15 is 0 Å². The van der Waals surface area contributed by atoms with Crippen molar-refractivity contribution in [1.29, 1.82) is 0 Å². The molecule has 0 aliphatic carbocycles. The van der Waals surface area contributed by atoms with E-state index in [0.717, 1.165) is 21.3 Å². The molecule has 0 fully saturated rings. The normalized spacial score (nSPS) is 10.5. The number of aryl methyl sites for hydroxylation is 2. The van der Waals surface area contributed by atoms with Gasteiger partial charge in [-0.05, 0) is 30.7 Å². The fourth-order valence-electron chi connectivity index (χ4n) is 1.89. The highest BCUT2D eigenvalue weighted by molar-refractivity contribution is 9.10. The highest BCUT2D eigenvalue weighted by atomic mass is 79.9. The van der Waals surface area contributed by atoms with Crippen LogP contribution in [0.4, 0.5) is 0 Å². The van der Waals surface area contributed by atoms with Gasteiger partial charge in [-0.1, -0.05) is 15.9 Å².